The third kappa shape index (κ3) is 3.23. The lowest BCUT2D eigenvalue weighted by Crippen LogP contribution is -2.36. The molecular weight excluding hydrogens is 324 g/mol. The molecule has 24 heavy (non-hydrogen) atoms. The first-order chi connectivity index (χ1) is 11.5. The zero-order valence-electron chi connectivity index (χ0n) is 14.2. The van der Waals surface area contributed by atoms with E-state index in [4.69, 9.17) is 0 Å². The molecule has 130 valence electrons. The summed E-state index contributed by atoms with van der Waals surface area (Å²) >= 11 is 0. The maximum absolute atomic E-state index is 13.1. The Bertz CT molecular complexity index is 786. The van der Waals surface area contributed by atoms with Gasteiger partial charge in [0.1, 0.15) is 4.90 Å². The van der Waals surface area contributed by atoms with Crippen LogP contribution >= 0.6 is 0 Å². The maximum atomic E-state index is 13.1. The molecule has 0 spiro atoms. The van der Waals surface area contributed by atoms with Crippen LogP contribution in [0.3, 0.4) is 0 Å². The molecule has 1 saturated heterocycles. The van der Waals surface area contributed by atoms with Crippen molar-refractivity contribution in [2.24, 2.45) is 0 Å². The van der Waals surface area contributed by atoms with Crippen LogP contribution < -0.4 is 0 Å². The van der Waals surface area contributed by atoms with Crippen LogP contribution in [0.1, 0.15) is 37.4 Å². The van der Waals surface area contributed by atoms with Crippen LogP contribution in [0.25, 0.3) is 0 Å². The van der Waals surface area contributed by atoms with Gasteiger partial charge in [0.05, 0.1) is 11.9 Å². The quantitative estimate of drug-likeness (QED) is 0.804. The largest absolute Gasteiger partial charge is 0.269 e. The highest BCUT2D eigenvalue weighted by atomic mass is 32.2. The van der Waals surface area contributed by atoms with Gasteiger partial charge < -0.3 is 0 Å². The average molecular weight is 348 g/mol. The van der Waals surface area contributed by atoms with Crippen LogP contribution in [-0.4, -0.2) is 40.1 Å². The number of aryl methyl sites for hydroxylation is 2. The topological polar surface area (TPSA) is 68.1 Å². The third-order valence-corrected chi connectivity index (χ3v) is 6.84. The lowest BCUT2D eigenvalue weighted by atomic mass is 10.1. The number of hydrogen-bond acceptors (Lipinski definition) is 4. The molecule has 2 aromatic heterocycles. The molecule has 1 aliphatic rings. The van der Waals surface area contributed by atoms with Crippen molar-refractivity contribution in [2.75, 3.05) is 6.54 Å². The van der Waals surface area contributed by atoms with Crippen LogP contribution in [0, 0.1) is 6.92 Å². The molecule has 1 atom stereocenters. The predicted octanol–water partition coefficient (Wildman–Crippen LogP) is 2.39. The van der Waals surface area contributed by atoms with Crippen LogP contribution in [0.2, 0.25) is 0 Å². The standard InChI is InChI=1S/C17H24N4O2S/c1-3-20-14(2)17(13-19-20)24(22,23)21-12-4-5-16(21)7-6-15-8-10-18-11-9-15/h8-11,13,16H,3-7,12H2,1-2H3/t16-/m0/s1. The number of pyridine rings is 1. The van der Waals surface area contributed by atoms with Gasteiger partial charge in [-0.3, -0.25) is 9.67 Å². The van der Waals surface area contributed by atoms with Crippen molar-refractivity contribution in [1.29, 1.82) is 0 Å². The Hall–Kier alpha value is -1.73. The van der Waals surface area contributed by atoms with Crippen LogP contribution in [0.5, 0.6) is 0 Å². The summed E-state index contributed by atoms with van der Waals surface area (Å²) < 4.78 is 29.5. The minimum atomic E-state index is -3.47. The molecule has 3 rings (SSSR count). The van der Waals surface area contributed by atoms with Gasteiger partial charge in [0, 0.05) is 31.5 Å². The van der Waals surface area contributed by atoms with E-state index in [1.807, 2.05) is 26.0 Å². The van der Waals surface area contributed by atoms with E-state index in [-0.39, 0.29) is 6.04 Å². The van der Waals surface area contributed by atoms with Crippen molar-refractivity contribution in [1.82, 2.24) is 19.1 Å². The fraction of sp³-hybridized carbons (Fsp3) is 0.529. The fourth-order valence-electron chi connectivity index (χ4n) is 3.42. The Kier molecular flexibility index (Phi) is 5.01. The summed E-state index contributed by atoms with van der Waals surface area (Å²) in [5.41, 5.74) is 1.92. The monoisotopic (exact) mass is 348 g/mol. The van der Waals surface area contributed by atoms with Crippen molar-refractivity contribution >= 4 is 10.0 Å². The third-order valence-electron chi connectivity index (χ3n) is 4.78. The van der Waals surface area contributed by atoms with Gasteiger partial charge in [-0.25, -0.2) is 8.42 Å². The van der Waals surface area contributed by atoms with E-state index in [2.05, 4.69) is 10.1 Å². The molecule has 1 aliphatic heterocycles. The van der Waals surface area contributed by atoms with Crippen molar-refractivity contribution < 1.29 is 8.42 Å². The normalized spacial score (nSPS) is 19.0. The molecule has 3 heterocycles. The number of nitrogens with zero attached hydrogens (tertiary/aromatic N) is 4. The van der Waals surface area contributed by atoms with Gasteiger partial charge in [0.15, 0.2) is 0 Å². The molecule has 0 aliphatic carbocycles. The van der Waals surface area contributed by atoms with Gasteiger partial charge in [0.25, 0.3) is 0 Å². The van der Waals surface area contributed by atoms with E-state index in [1.165, 1.54) is 11.8 Å². The van der Waals surface area contributed by atoms with Gasteiger partial charge in [0.2, 0.25) is 10.0 Å². The molecule has 0 saturated carbocycles. The lowest BCUT2D eigenvalue weighted by molar-refractivity contribution is 0.370. The Morgan fingerprint density at radius 3 is 2.71 bits per heavy atom. The Morgan fingerprint density at radius 2 is 2.04 bits per heavy atom. The summed E-state index contributed by atoms with van der Waals surface area (Å²) in [5, 5.41) is 4.19. The van der Waals surface area contributed by atoms with Crippen molar-refractivity contribution in [3.63, 3.8) is 0 Å². The summed E-state index contributed by atoms with van der Waals surface area (Å²) in [7, 11) is -3.47. The first-order valence-corrected chi connectivity index (χ1v) is 9.91. The molecule has 0 aromatic carbocycles. The Balaban J connectivity index is 1.77. The van der Waals surface area contributed by atoms with E-state index in [9.17, 15) is 8.42 Å². The highest BCUT2D eigenvalue weighted by Gasteiger charge is 2.36. The minimum absolute atomic E-state index is 0.0625. The second-order valence-electron chi connectivity index (χ2n) is 6.22. The second-order valence-corrected chi connectivity index (χ2v) is 8.07. The molecule has 0 bridgehead atoms. The molecule has 0 amide bonds. The second kappa shape index (κ2) is 7.03. The number of aromatic nitrogens is 3. The summed E-state index contributed by atoms with van der Waals surface area (Å²) in [4.78, 5) is 4.37. The van der Waals surface area contributed by atoms with Crippen LogP contribution in [0.15, 0.2) is 35.6 Å². The highest BCUT2D eigenvalue weighted by Crippen LogP contribution is 2.30. The van der Waals surface area contributed by atoms with Crippen LogP contribution in [-0.2, 0) is 23.0 Å². The highest BCUT2D eigenvalue weighted by molar-refractivity contribution is 7.89. The zero-order valence-corrected chi connectivity index (χ0v) is 15.0. The lowest BCUT2D eigenvalue weighted by Gasteiger charge is -2.24. The summed E-state index contributed by atoms with van der Waals surface area (Å²) in [5.74, 6) is 0. The van der Waals surface area contributed by atoms with Crippen LogP contribution in [0.4, 0.5) is 0 Å². The number of rotatable bonds is 6. The van der Waals surface area contributed by atoms with E-state index < -0.39 is 10.0 Å². The molecule has 1 fully saturated rings. The summed E-state index contributed by atoms with van der Waals surface area (Å²) in [6.07, 6.45) is 8.59. The van der Waals surface area contributed by atoms with E-state index in [0.717, 1.165) is 31.4 Å². The van der Waals surface area contributed by atoms with Gasteiger partial charge in [-0.05, 0) is 57.2 Å². The smallest absolute Gasteiger partial charge is 0.246 e. The molecule has 7 heteroatoms. The molecule has 2 aromatic rings. The minimum Gasteiger partial charge on any atom is -0.269 e. The Labute approximate surface area is 143 Å². The van der Waals surface area contributed by atoms with Crippen molar-refractivity contribution in [3.8, 4) is 0 Å². The number of sulfonamides is 1. The van der Waals surface area contributed by atoms with Crippen molar-refractivity contribution in [3.05, 3.63) is 42.0 Å². The predicted molar refractivity (Wildman–Crippen MR) is 92.1 cm³/mol. The van der Waals surface area contributed by atoms with E-state index in [0.29, 0.717) is 18.0 Å². The first kappa shape index (κ1) is 17.1. The SMILES string of the molecule is CCn1ncc(S(=O)(=O)N2CCC[C@H]2CCc2ccncc2)c1C. The zero-order chi connectivity index (χ0) is 17.2. The molecule has 0 unspecified atom stereocenters. The van der Waals surface area contributed by atoms with Gasteiger partial charge in [-0.2, -0.15) is 9.40 Å². The van der Waals surface area contributed by atoms with E-state index >= 15 is 0 Å². The maximum Gasteiger partial charge on any atom is 0.246 e. The van der Waals surface area contributed by atoms with Gasteiger partial charge >= 0.3 is 0 Å². The van der Waals surface area contributed by atoms with Crippen molar-refractivity contribution in [2.45, 2.75) is 57.0 Å². The molecule has 0 radical (unpaired) electrons. The average Bonchev–Trinajstić information content (AvgIpc) is 3.20. The molecular formula is C17H24N4O2S. The summed E-state index contributed by atoms with van der Waals surface area (Å²) in [6.45, 7) is 5.06. The number of hydrogen-bond donors (Lipinski definition) is 0. The summed E-state index contributed by atoms with van der Waals surface area (Å²) in [6, 6.07) is 4.04. The van der Waals surface area contributed by atoms with E-state index in [1.54, 1.807) is 21.4 Å². The van der Waals surface area contributed by atoms with Gasteiger partial charge in [-0.15, -0.1) is 0 Å². The fourth-order valence-corrected chi connectivity index (χ4v) is 5.31. The first-order valence-electron chi connectivity index (χ1n) is 8.47. The van der Waals surface area contributed by atoms with Gasteiger partial charge in [-0.1, -0.05) is 0 Å². The molecule has 6 nitrogen and oxygen atoms in total. The Morgan fingerprint density at radius 1 is 1.29 bits per heavy atom. The molecule has 0 N–H and O–H groups in total.